The Kier molecular flexibility index (Phi) is 3.74. The first-order chi connectivity index (χ1) is 6.98. The van der Waals surface area contributed by atoms with E-state index in [-0.39, 0.29) is 40.7 Å². The van der Waals surface area contributed by atoms with E-state index >= 15 is 0 Å². The van der Waals surface area contributed by atoms with Gasteiger partial charge in [0, 0.05) is 29.6 Å². The number of carbonyl (C=O) groups excluding carboxylic acids is 2. The third-order valence-corrected chi connectivity index (χ3v) is 2.40. The van der Waals surface area contributed by atoms with Crippen molar-refractivity contribution in [3.8, 4) is 0 Å². The zero-order valence-corrected chi connectivity index (χ0v) is 11.0. The Morgan fingerprint density at radius 2 is 1.38 bits per heavy atom. The largest absolute Gasteiger partial charge is 0.506 e. The summed E-state index contributed by atoms with van der Waals surface area (Å²) in [5, 5.41) is 0. The minimum absolute atomic E-state index is 0. The van der Waals surface area contributed by atoms with Crippen LogP contribution in [0, 0.1) is 0 Å². The first kappa shape index (κ1) is 13.2. The van der Waals surface area contributed by atoms with E-state index in [0.717, 1.165) is 0 Å². The second kappa shape index (κ2) is 4.54. The molecule has 79 valence electrons. The Morgan fingerprint density at radius 1 is 0.938 bits per heavy atom. The summed E-state index contributed by atoms with van der Waals surface area (Å²) < 4.78 is 29.8. The van der Waals surface area contributed by atoms with Crippen molar-refractivity contribution in [1.82, 2.24) is 0 Å². The van der Waals surface area contributed by atoms with E-state index in [2.05, 4.69) is 8.37 Å². The molecule has 0 saturated carbocycles. The van der Waals surface area contributed by atoms with Crippen LogP contribution in [0.5, 0.6) is 0 Å². The number of hydrogen-bond donors (Lipinski definition) is 0. The molecule has 1 aliphatic rings. The summed E-state index contributed by atoms with van der Waals surface area (Å²) in [4.78, 5) is 22.3. The molecule has 16 heavy (non-hydrogen) atoms. The van der Waals surface area contributed by atoms with Gasteiger partial charge in [-0.2, -0.15) is 0 Å². The summed E-state index contributed by atoms with van der Waals surface area (Å²) in [6, 6.07) is 5.28. The van der Waals surface area contributed by atoms with Crippen molar-refractivity contribution in [2.24, 2.45) is 0 Å². The van der Waals surface area contributed by atoms with Crippen LogP contribution < -0.4 is 0 Å². The molecule has 0 N–H and O–H groups in total. The maximum absolute atomic E-state index is 11.2. The van der Waals surface area contributed by atoms with Gasteiger partial charge in [0.25, 0.3) is 0 Å². The van der Waals surface area contributed by atoms with Crippen LogP contribution in [-0.4, -0.2) is 49.9 Å². The second-order valence-corrected chi connectivity index (χ2v) is 3.88. The van der Waals surface area contributed by atoms with Gasteiger partial charge in [0.05, 0.1) is 11.1 Å². The maximum atomic E-state index is 11.2. The fourth-order valence-corrected chi connectivity index (χ4v) is 1.67. The van der Waals surface area contributed by atoms with Crippen LogP contribution in [0.1, 0.15) is 20.7 Å². The molecule has 1 aromatic carbocycles. The molecule has 1 aromatic rings. The zero-order valence-electron chi connectivity index (χ0n) is 8.17. The molecule has 0 fully saturated rings. The van der Waals surface area contributed by atoms with Gasteiger partial charge in [-0.25, -0.2) is 9.59 Å². The smallest absolute Gasteiger partial charge is 0.311 e. The van der Waals surface area contributed by atoms with Gasteiger partial charge in [0.2, 0.25) is 0 Å². The molecule has 0 unspecified atom stereocenters. The third-order valence-electron chi connectivity index (χ3n) is 1.69. The number of hydrogen-bond acceptors (Lipinski definition) is 6. The Hall–Kier alpha value is -0.890. The van der Waals surface area contributed by atoms with Crippen LogP contribution >= 0.6 is 0 Å². The van der Waals surface area contributed by atoms with Crippen molar-refractivity contribution in [1.29, 1.82) is 0 Å². The van der Waals surface area contributed by atoms with Crippen molar-refractivity contribution >= 4 is 51.9 Å². The number of rotatable bonds is 0. The van der Waals surface area contributed by atoms with Crippen LogP contribution in [0.2, 0.25) is 0 Å². The van der Waals surface area contributed by atoms with Gasteiger partial charge in [0.1, 0.15) is 0 Å². The molecule has 1 radical (unpaired) electrons. The van der Waals surface area contributed by atoms with Crippen molar-refractivity contribution in [3.63, 3.8) is 0 Å². The van der Waals surface area contributed by atoms with Gasteiger partial charge in [-0.15, -0.1) is 8.42 Å². The fourth-order valence-electron chi connectivity index (χ4n) is 1.07. The molecule has 0 atom stereocenters. The molecular formula is C8H4NaO6S. The average Bonchev–Trinajstić information content (AvgIpc) is 2.15. The summed E-state index contributed by atoms with van der Waals surface area (Å²) in [7, 11) is -4.60. The quantitative estimate of drug-likeness (QED) is 0.597. The number of benzene rings is 1. The topological polar surface area (TPSA) is 86.7 Å². The van der Waals surface area contributed by atoms with Crippen molar-refractivity contribution in [2.45, 2.75) is 0 Å². The average molecular weight is 251 g/mol. The summed E-state index contributed by atoms with van der Waals surface area (Å²) in [6.07, 6.45) is 0. The third kappa shape index (κ3) is 2.62. The fraction of sp³-hybridized carbons (Fsp3) is 0. The molecule has 8 heteroatoms. The molecule has 0 aliphatic carbocycles. The normalized spacial score (nSPS) is 17.2. The number of fused-ring (bicyclic) bond motifs is 2. The van der Waals surface area contributed by atoms with Gasteiger partial charge < -0.3 is 8.37 Å². The van der Waals surface area contributed by atoms with Gasteiger partial charge in [-0.1, -0.05) is 6.07 Å². The summed E-state index contributed by atoms with van der Waals surface area (Å²) in [6.45, 7) is 0. The first-order valence-corrected chi connectivity index (χ1v) is 5.14. The van der Waals surface area contributed by atoms with E-state index in [9.17, 15) is 18.0 Å². The van der Waals surface area contributed by atoms with Gasteiger partial charge >= 0.3 is 22.3 Å². The Bertz CT molecular complexity index is 510. The predicted molar refractivity (Wildman–Crippen MR) is 51.9 cm³/mol. The second-order valence-electron chi connectivity index (χ2n) is 2.73. The van der Waals surface area contributed by atoms with Crippen molar-refractivity contribution < 1.29 is 26.4 Å². The molecular weight excluding hydrogens is 247 g/mol. The summed E-state index contributed by atoms with van der Waals surface area (Å²) in [5.41, 5.74) is -0.0412. The Balaban J connectivity index is 0.00000128. The monoisotopic (exact) mass is 251 g/mol. The van der Waals surface area contributed by atoms with E-state index < -0.39 is 22.3 Å². The van der Waals surface area contributed by atoms with E-state index in [1.54, 1.807) is 0 Å². The van der Waals surface area contributed by atoms with E-state index in [0.29, 0.717) is 0 Å². The van der Waals surface area contributed by atoms with E-state index in [4.69, 9.17) is 0 Å². The molecule has 1 aliphatic heterocycles. The van der Waals surface area contributed by atoms with E-state index in [1.165, 1.54) is 24.3 Å². The summed E-state index contributed by atoms with van der Waals surface area (Å²) in [5.74, 6) is -2.16. The van der Waals surface area contributed by atoms with Crippen LogP contribution in [-0.2, 0) is 18.8 Å². The van der Waals surface area contributed by atoms with Crippen molar-refractivity contribution in [3.05, 3.63) is 35.4 Å². The summed E-state index contributed by atoms with van der Waals surface area (Å²) >= 11 is 0. The zero-order chi connectivity index (χ0) is 11.1. The van der Waals surface area contributed by atoms with Crippen molar-refractivity contribution in [2.75, 3.05) is 0 Å². The molecule has 2 bridgehead atoms. The van der Waals surface area contributed by atoms with Crippen LogP contribution in [0.25, 0.3) is 0 Å². The molecule has 6 nitrogen and oxygen atoms in total. The molecule has 2 rings (SSSR count). The first-order valence-electron chi connectivity index (χ1n) is 3.80. The Morgan fingerprint density at radius 3 is 1.81 bits per heavy atom. The number of carbonyl (C=O) groups is 2. The maximum Gasteiger partial charge on any atom is 0.506 e. The minimum atomic E-state index is -4.60. The van der Waals surface area contributed by atoms with Crippen LogP contribution in [0.3, 0.4) is 0 Å². The Labute approximate surface area is 113 Å². The van der Waals surface area contributed by atoms with Crippen LogP contribution in [0.15, 0.2) is 24.3 Å². The minimum Gasteiger partial charge on any atom is -0.311 e. The standard InChI is InChI=1S/C8H4O6S.Na/c9-7-5-2-1-3-6(4-5)8(10)14-15(11,12)13-7;/h1-4H;. The molecule has 0 aromatic heterocycles. The van der Waals surface area contributed by atoms with Gasteiger partial charge in [-0.3, -0.25) is 0 Å². The predicted octanol–water partition coefficient (Wildman–Crippen LogP) is -0.122. The molecule has 0 saturated heterocycles. The van der Waals surface area contributed by atoms with Gasteiger partial charge in [0.15, 0.2) is 0 Å². The SMILES string of the molecule is O=C1OS(=O)(=O)OC(=O)c2cccc1c2.[Na]. The molecule has 1 heterocycles. The van der Waals surface area contributed by atoms with Crippen LogP contribution in [0.4, 0.5) is 0 Å². The molecule has 0 amide bonds. The van der Waals surface area contributed by atoms with E-state index in [1.807, 2.05) is 0 Å². The van der Waals surface area contributed by atoms with Gasteiger partial charge in [-0.05, 0) is 18.2 Å². The molecule has 0 spiro atoms.